The zero-order chi connectivity index (χ0) is 18.3. The highest BCUT2D eigenvalue weighted by molar-refractivity contribution is 5.86. The van der Waals surface area contributed by atoms with E-state index in [2.05, 4.69) is 82.9 Å². The molecule has 0 aromatic carbocycles. The summed E-state index contributed by atoms with van der Waals surface area (Å²) in [5.74, 6) is 1.32. The Morgan fingerprint density at radius 3 is 2.36 bits per heavy atom. The molecule has 0 amide bonds. The third-order valence-corrected chi connectivity index (χ3v) is 4.52. The first-order chi connectivity index (χ1) is 11.8. The number of hydrogen-bond acceptors (Lipinski definition) is 3. The maximum Gasteiger partial charge on any atom is 0.135 e. The van der Waals surface area contributed by atoms with Gasteiger partial charge in [-0.15, -0.1) is 0 Å². The largest absolute Gasteiger partial charge is 0.367 e. The van der Waals surface area contributed by atoms with Gasteiger partial charge in [0.15, 0.2) is 0 Å². The van der Waals surface area contributed by atoms with E-state index in [0.717, 1.165) is 28.3 Å². The molecule has 0 radical (unpaired) electrons. The van der Waals surface area contributed by atoms with Gasteiger partial charge in [-0.3, -0.25) is 0 Å². The number of nitrogens with one attached hydrogen (secondary N) is 1. The van der Waals surface area contributed by atoms with Crippen molar-refractivity contribution in [3.8, 4) is 11.3 Å². The fraction of sp³-hybridized carbons (Fsp3) is 0.429. The molecule has 3 heterocycles. The van der Waals surface area contributed by atoms with Crippen molar-refractivity contribution in [2.75, 3.05) is 5.32 Å². The Balaban J connectivity index is 2.22. The Morgan fingerprint density at radius 1 is 1.00 bits per heavy atom. The molecule has 0 unspecified atom stereocenters. The Labute approximate surface area is 150 Å². The molecule has 132 valence electrons. The van der Waals surface area contributed by atoms with Crippen LogP contribution >= 0.6 is 0 Å². The average Bonchev–Trinajstić information content (AvgIpc) is 2.80. The van der Waals surface area contributed by atoms with Gasteiger partial charge in [0.25, 0.3) is 0 Å². The molecule has 0 aliphatic rings. The number of aromatic nitrogens is 3. The number of anilines is 1. The number of hydrogen-bond donors (Lipinski definition) is 1. The fourth-order valence-corrected chi connectivity index (χ4v) is 3.22. The number of fused-ring (bicyclic) bond motifs is 1. The summed E-state index contributed by atoms with van der Waals surface area (Å²) in [5.41, 5.74) is 7.77. The van der Waals surface area contributed by atoms with Crippen LogP contribution in [0.1, 0.15) is 50.4 Å². The minimum Gasteiger partial charge on any atom is -0.367 e. The highest BCUT2D eigenvalue weighted by atomic mass is 15.0. The van der Waals surface area contributed by atoms with Gasteiger partial charge in [-0.1, -0.05) is 13.8 Å². The van der Waals surface area contributed by atoms with E-state index in [1.165, 1.54) is 16.6 Å². The topological polar surface area (TPSA) is 42.7 Å². The lowest BCUT2D eigenvalue weighted by molar-refractivity contribution is 0.815. The molecular weight excluding hydrogens is 308 g/mol. The molecule has 0 saturated heterocycles. The first-order valence-electron chi connectivity index (χ1n) is 8.99. The van der Waals surface area contributed by atoms with Crippen LogP contribution in [-0.2, 0) is 7.05 Å². The second-order valence-electron chi connectivity index (χ2n) is 7.53. The first-order valence-corrected chi connectivity index (χ1v) is 8.99. The summed E-state index contributed by atoms with van der Waals surface area (Å²) >= 11 is 0. The third-order valence-electron chi connectivity index (χ3n) is 4.52. The molecule has 4 heteroatoms. The normalized spacial score (nSPS) is 11.7. The van der Waals surface area contributed by atoms with Crippen molar-refractivity contribution in [1.82, 2.24) is 14.5 Å². The minimum absolute atomic E-state index is 0.316. The predicted octanol–water partition coefficient (Wildman–Crippen LogP) is 5.20. The van der Waals surface area contributed by atoms with Crippen molar-refractivity contribution in [3.05, 3.63) is 41.2 Å². The van der Waals surface area contributed by atoms with Crippen LogP contribution in [0.4, 0.5) is 5.82 Å². The summed E-state index contributed by atoms with van der Waals surface area (Å²) in [4.78, 5) is 9.89. The van der Waals surface area contributed by atoms with Gasteiger partial charge in [-0.25, -0.2) is 9.97 Å². The van der Waals surface area contributed by atoms with Crippen LogP contribution in [0, 0.1) is 13.8 Å². The Hall–Kier alpha value is -2.36. The second-order valence-corrected chi connectivity index (χ2v) is 7.53. The lowest BCUT2D eigenvalue weighted by Crippen LogP contribution is -2.13. The Kier molecular flexibility index (Phi) is 4.55. The first kappa shape index (κ1) is 17.5. The standard InChI is InChI=1S/C21H28N4/c1-12(2)17-9-8-16(21(23-17)22-13(3)4)19-14(5)10-18-20(24-19)15(6)11-25(18)7/h8-13H,1-7H3,(H,22,23). The molecule has 4 nitrogen and oxygen atoms in total. The maximum absolute atomic E-state index is 5.01. The molecular formula is C21H28N4. The van der Waals surface area contributed by atoms with Crippen LogP contribution in [0.25, 0.3) is 22.3 Å². The van der Waals surface area contributed by atoms with E-state index in [0.29, 0.717) is 12.0 Å². The predicted molar refractivity (Wildman–Crippen MR) is 106 cm³/mol. The van der Waals surface area contributed by atoms with Crippen LogP contribution in [0.5, 0.6) is 0 Å². The summed E-state index contributed by atoms with van der Waals surface area (Å²) < 4.78 is 2.14. The van der Waals surface area contributed by atoms with Crippen molar-refractivity contribution >= 4 is 16.9 Å². The molecule has 0 aliphatic carbocycles. The number of pyridine rings is 2. The molecule has 0 bridgehead atoms. The van der Waals surface area contributed by atoms with Crippen LogP contribution in [0.2, 0.25) is 0 Å². The van der Waals surface area contributed by atoms with Crippen LogP contribution in [0.3, 0.4) is 0 Å². The molecule has 0 saturated carbocycles. The second kappa shape index (κ2) is 6.51. The summed E-state index contributed by atoms with van der Waals surface area (Å²) in [6.07, 6.45) is 2.13. The molecule has 3 rings (SSSR count). The Bertz CT molecular complexity index is 919. The lowest BCUT2D eigenvalue weighted by atomic mass is 10.0. The number of nitrogens with zero attached hydrogens (tertiary/aromatic N) is 3. The smallest absolute Gasteiger partial charge is 0.135 e. The zero-order valence-electron chi connectivity index (χ0n) is 16.3. The van der Waals surface area contributed by atoms with Gasteiger partial charge < -0.3 is 9.88 Å². The van der Waals surface area contributed by atoms with Gasteiger partial charge in [0.2, 0.25) is 0 Å². The number of aryl methyl sites for hydroxylation is 3. The molecule has 0 aliphatic heterocycles. The van der Waals surface area contributed by atoms with Gasteiger partial charge in [0.1, 0.15) is 5.82 Å². The van der Waals surface area contributed by atoms with Crippen molar-refractivity contribution in [2.24, 2.45) is 7.05 Å². The molecule has 0 fully saturated rings. The van der Waals surface area contributed by atoms with Crippen LogP contribution in [0.15, 0.2) is 24.4 Å². The van der Waals surface area contributed by atoms with Gasteiger partial charge >= 0.3 is 0 Å². The Morgan fingerprint density at radius 2 is 1.72 bits per heavy atom. The van der Waals surface area contributed by atoms with Gasteiger partial charge in [-0.2, -0.15) is 0 Å². The number of rotatable bonds is 4. The van der Waals surface area contributed by atoms with E-state index in [1.807, 2.05) is 0 Å². The van der Waals surface area contributed by atoms with E-state index in [1.54, 1.807) is 0 Å². The quantitative estimate of drug-likeness (QED) is 0.712. The lowest BCUT2D eigenvalue weighted by Gasteiger charge is -2.17. The van der Waals surface area contributed by atoms with Crippen LogP contribution in [-0.4, -0.2) is 20.6 Å². The van der Waals surface area contributed by atoms with Crippen LogP contribution < -0.4 is 5.32 Å². The highest BCUT2D eigenvalue weighted by Gasteiger charge is 2.16. The minimum atomic E-state index is 0.316. The molecule has 3 aromatic heterocycles. The summed E-state index contributed by atoms with van der Waals surface area (Å²) in [6.45, 7) is 12.9. The average molecular weight is 336 g/mol. The van der Waals surface area contributed by atoms with E-state index in [9.17, 15) is 0 Å². The molecule has 0 atom stereocenters. The molecule has 1 N–H and O–H groups in total. The molecule has 25 heavy (non-hydrogen) atoms. The van der Waals surface area contributed by atoms with Crippen molar-refractivity contribution in [3.63, 3.8) is 0 Å². The maximum atomic E-state index is 5.01. The fourth-order valence-electron chi connectivity index (χ4n) is 3.22. The van der Waals surface area contributed by atoms with E-state index in [-0.39, 0.29) is 0 Å². The highest BCUT2D eigenvalue weighted by Crippen LogP contribution is 2.32. The van der Waals surface area contributed by atoms with E-state index >= 15 is 0 Å². The van der Waals surface area contributed by atoms with Crippen molar-refractivity contribution < 1.29 is 0 Å². The summed E-state index contributed by atoms with van der Waals surface area (Å²) in [6, 6.07) is 6.82. The van der Waals surface area contributed by atoms with E-state index < -0.39 is 0 Å². The van der Waals surface area contributed by atoms with Crippen molar-refractivity contribution in [1.29, 1.82) is 0 Å². The van der Waals surface area contributed by atoms with Gasteiger partial charge in [0, 0.05) is 30.5 Å². The summed E-state index contributed by atoms with van der Waals surface area (Å²) in [5, 5.41) is 3.51. The SMILES string of the molecule is Cc1cc2c(nc1-c1ccc(C(C)C)nc1NC(C)C)c(C)cn2C. The van der Waals surface area contributed by atoms with Gasteiger partial charge in [0.05, 0.1) is 16.7 Å². The van der Waals surface area contributed by atoms with Gasteiger partial charge in [-0.05, 0) is 62.9 Å². The molecule has 3 aromatic rings. The van der Waals surface area contributed by atoms with Crippen molar-refractivity contribution in [2.45, 2.75) is 53.5 Å². The molecule has 0 spiro atoms. The zero-order valence-corrected chi connectivity index (χ0v) is 16.3. The third kappa shape index (κ3) is 3.26. The monoisotopic (exact) mass is 336 g/mol. The van der Waals surface area contributed by atoms with E-state index in [4.69, 9.17) is 9.97 Å². The summed E-state index contributed by atoms with van der Waals surface area (Å²) in [7, 11) is 2.07.